The zero-order valence-corrected chi connectivity index (χ0v) is 17.2. The van der Waals surface area contributed by atoms with Crippen LogP contribution < -0.4 is 0 Å². The Morgan fingerprint density at radius 2 is 1.50 bits per heavy atom. The predicted molar refractivity (Wildman–Crippen MR) is 108 cm³/mol. The maximum absolute atomic E-state index is 11.4. The van der Waals surface area contributed by atoms with Gasteiger partial charge in [0, 0.05) is 6.42 Å². The fourth-order valence-electron chi connectivity index (χ4n) is 2.89. The molecule has 0 fully saturated rings. The minimum atomic E-state index is -0.962. The lowest BCUT2D eigenvalue weighted by atomic mass is 10.0. The van der Waals surface area contributed by atoms with Crippen LogP contribution in [0.15, 0.2) is 11.6 Å². The first-order chi connectivity index (χ1) is 12.6. The van der Waals surface area contributed by atoms with Gasteiger partial charge in [-0.25, -0.2) is 0 Å². The molecule has 0 aliphatic carbocycles. The molecule has 0 aromatic carbocycles. The van der Waals surface area contributed by atoms with E-state index in [1.807, 2.05) is 0 Å². The molecule has 0 saturated heterocycles. The smallest absolute Gasteiger partial charge is 0.305 e. The number of carbonyl (C=O) groups is 1. The third-order valence-electron chi connectivity index (χ3n) is 4.65. The topological polar surface area (TPSA) is 66.8 Å². The van der Waals surface area contributed by atoms with Gasteiger partial charge in [-0.1, -0.05) is 69.9 Å². The zero-order valence-electron chi connectivity index (χ0n) is 17.2. The molecule has 4 nitrogen and oxygen atoms in total. The average molecular weight is 371 g/mol. The second-order valence-corrected chi connectivity index (χ2v) is 7.39. The molecule has 0 saturated carbocycles. The number of ether oxygens (including phenoxy) is 1. The van der Waals surface area contributed by atoms with Crippen LogP contribution in [0.1, 0.15) is 104 Å². The molecular weight excluding hydrogens is 328 g/mol. The largest absolute Gasteiger partial charge is 0.463 e. The van der Waals surface area contributed by atoms with Crippen molar-refractivity contribution in [3.63, 3.8) is 0 Å². The van der Waals surface area contributed by atoms with E-state index in [1.54, 1.807) is 0 Å². The molecule has 0 heterocycles. The molecule has 1 atom stereocenters. The van der Waals surface area contributed by atoms with E-state index in [0.717, 1.165) is 19.3 Å². The molecule has 0 aliphatic rings. The fourth-order valence-corrected chi connectivity index (χ4v) is 2.89. The van der Waals surface area contributed by atoms with Crippen LogP contribution in [0.4, 0.5) is 0 Å². The van der Waals surface area contributed by atoms with Crippen LogP contribution in [0.5, 0.6) is 0 Å². The van der Waals surface area contributed by atoms with Gasteiger partial charge < -0.3 is 14.9 Å². The van der Waals surface area contributed by atoms with E-state index in [2.05, 4.69) is 19.9 Å². The van der Waals surface area contributed by atoms with Crippen molar-refractivity contribution < 1.29 is 19.7 Å². The molecular formula is C22H42O4. The Bertz CT molecular complexity index is 352. The van der Waals surface area contributed by atoms with Crippen molar-refractivity contribution in [1.29, 1.82) is 0 Å². The molecule has 0 aliphatic heterocycles. The molecule has 4 heteroatoms. The van der Waals surface area contributed by atoms with Crippen molar-refractivity contribution in [1.82, 2.24) is 0 Å². The van der Waals surface area contributed by atoms with E-state index in [-0.39, 0.29) is 19.2 Å². The van der Waals surface area contributed by atoms with Crippen molar-refractivity contribution in [2.75, 3.05) is 13.2 Å². The molecule has 0 aromatic heterocycles. The number of hydrogen-bond acceptors (Lipinski definition) is 4. The molecule has 154 valence electrons. The van der Waals surface area contributed by atoms with E-state index >= 15 is 0 Å². The van der Waals surface area contributed by atoms with Gasteiger partial charge in [-0.2, -0.15) is 0 Å². The van der Waals surface area contributed by atoms with Crippen LogP contribution in [-0.2, 0) is 9.53 Å². The highest BCUT2D eigenvalue weighted by molar-refractivity contribution is 5.69. The van der Waals surface area contributed by atoms with Gasteiger partial charge >= 0.3 is 5.97 Å². The highest BCUT2D eigenvalue weighted by atomic mass is 16.5. The molecule has 26 heavy (non-hydrogen) atoms. The third-order valence-corrected chi connectivity index (χ3v) is 4.65. The van der Waals surface area contributed by atoms with E-state index in [1.165, 1.54) is 69.8 Å². The second-order valence-electron chi connectivity index (χ2n) is 7.39. The third kappa shape index (κ3) is 17.9. The first kappa shape index (κ1) is 25.1. The number of esters is 1. The number of unbranched alkanes of at least 4 members (excludes halogenated alkanes) is 10. The molecule has 2 N–H and O–H groups in total. The van der Waals surface area contributed by atoms with Crippen LogP contribution >= 0.6 is 0 Å². The predicted octanol–water partition coefficient (Wildman–Crippen LogP) is 5.31. The van der Waals surface area contributed by atoms with E-state index in [4.69, 9.17) is 14.9 Å². The number of carbonyl (C=O) groups excluding carboxylic acids is 1. The first-order valence-electron chi connectivity index (χ1n) is 10.7. The Kier molecular flexibility index (Phi) is 18.3. The summed E-state index contributed by atoms with van der Waals surface area (Å²) < 4.78 is 4.87. The molecule has 0 spiro atoms. The second kappa shape index (κ2) is 18.9. The summed E-state index contributed by atoms with van der Waals surface area (Å²) in [6, 6.07) is 0. The quantitative estimate of drug-likeness (QED) is 0.195. The van der Waals surface area contributed by atoms with Crippen molar-refractivity contribution in [2.45, 2.75) is 110 Å². The van der Waals surface area contributed by atoms with Gasteiger partial charge in [0.2, 0.25) is 0 Å². The monoisotopic (exact) mass is 370 g/mol. The van der Waals surface area contributed by atoms with Gasteiger partial charge in [0.1, 0.15) is 12.7 Å². The van der Waals surface area contributed by atoms with Crippen molar-refractivity contribution in [2.24, 2.45) is 0 Å². The van der Waals surface area contributed by atoms with Crippen molar-refractivity contribution in [3.05, 3.63) is 11.6 Å². The summed E-state index contributed by atoms with van der Waals surface area (Å²) in [4.78, 5) is 11.4. The summed E-state index contributed by atoms with van der Waals surface area (Å²) in [5, 5.41) is 17.7. The number of allylic oxidation sites excluding steroid dienone is 2. The van der Waals surface area contributed by atoms with E-state index < -0.39 is 6.10 Å². The first-order valence-corrected chi connectivity index (χ1v) is 10.7. The van der Waals surface area contributed by atoms with Crippen LogP contribution in [0.25, 0.3) is 0 Å². The Balaban J connectivity index is 3.39. The standard InChI is InChI=1S/C22H42O4/c1-3-4-5-6-9-12-15-20(2)16-13-10-7-8-11-14-17-22(25)26-19-21(24)18-23/h16,21,23-24H,3-15,17-19H2,1-2H3/b20-16-. The van der Waals surface area contributed by atoms with E-state index in [9.17, 15) is 4.79 Å². The summed E-state index contributed by atoms with van der Waals surface area (Å²) in [6.07, 6.45) is 17.9. The normalized spacial score (nSPS) is 13.0. The Morgan fingerprint density at radius 3 is 2.15 bits per heavy atom. The van der Waals surface area contributed by atoms with Gasteiger partial charge in [0.15, 0.2) is 0 Å². The summed E-state index contributed by atoms with van der Waals surface area (Å²) in [6.45, 7) is 4.03. The number of aliphatic hydroxyl groups excluding tert-OH is 2. The zero-order chi connectivity index (χ0) is 19.5. The van der Waals surface area contributed by atoms with Gasteiger partial charge in [-0.3, -0.25) is 4.79 Å². The van der Waals surface area contributed by atoms with Gasteiger partial charge in [-0.15, -0.1) is 0 Å². The summed E-state index contributed by atoms with van der Waals surface area (Å²) in [7, 11) is 0. The average Bonchev–Trinajstić information content (AvgIpc) is 2.64. The highest BCUT2D eigenvalue weighted by Gasteiger charge is 2.07. The van der Waals surface area contributed by atoms with E-state index in [0.29, 0.717) is 6.42 Å². The summed E-state index contributed by atoms with van der Waals surface area (Å²) in [5.74, 6) is -0.286. The molecule has 0 rings (SSSR count). The van der Waals surface area contributed by atoms with Gasteiger partial charge in [0.25, 0.3) is 0 Å². The minimum absolute atomic E-state index is 0.111. The lowest BCUT2D eigenvalue weighted by molar-refractivity contribution is -0.147. The van der Waals surface area contributed by atoms with Crippen molar-refractivity contribution in [3.8, 4) is 0 Å². The van der Waals surface area contributed by atoms with Gasteiger partial charge in [0.05, 0.1) is 6.61 Å². The molecule has 0 bridgehead atoms. The maximum Gasteiger partial charge on any atom is 0.305 e. The molecule has 0 amide bonds. The van der Waals surface area contributed by atoms with Crippen LogP contribution in [0.3, 0.4) is 0 Å². The summed E-state index contributed by atoms with van der Waals surface area (Å²) >= 11 is 0. The number of aliphatic hydroxyl groups is 2. The Morgan fingerprint density at radius 1 is 0.923 bits per heavy atom. The maximum atomic E-state index is 11.4. The Labute approximate surface area is 161 Å². The highest BCUT2D eigenvalue weighted by Crippen LogP contribution is 2.14. The lowest BCUT2D eigenvalue weighted by Gasteiger charge is -2.08. The fraction of sp³-hybridized carbons (Fsp3) is 0.864. The van der Waals surface area contributed by atoms with Crippen LogP contribution in [-0.4, -0.2) is 35.5 Å². The molecule has 0 aromatic rings. The van der Waals surface area contributed by atoms with Crippen LogP contribution in [0, 0.1) is 0 Å². The lowest BCUT2D eigenvalue weighted by Crippen LogP contribution is -2.21. The van der Waals surface area contributed by atoms with Crippen molar-refractivity contribution >= 4 is 5.97 Å². The SMILES string of the molecule is CCCCCCCC/C(C)=C\CCCCCCCC(=O)OCC(O)CO. The molecule has 1 unspecified atom stereocenters. The van der Waals surface area contributed by atoms with Crippen LogP contribution in [0.2, 0.25) is 0 Å². The van der Waals surface area contributed by atoms with Gasteiger partial charge in [-0.05, 0) is 39.0 Å². The number of hydrogen-bond donors (Lipinski definition) is 2. The molecule has 0 radical (unpaired) electrons. The summed E-state index contributed by atoms with van der Waals surface area (Å²) in [5.41, 5.74) is 1.54. The number of rotatable bonds is 18. The Hall–Kier alpha value is -0.870. The minimum Gasteiger partial charge on any atom is -0.463 e.